The first-order chi connectivity index (χ1) is 12.1. The second-order valence-corrected chi connectivity index (χ2v) is 7.35. The lowest BCUT2D eigenvalue weighted by Gasteiger charge is -2.03. The highest BCUT2D eigenvalue weighted by molar-refractivity contribution is 7.81. The molecule has 1 aromatic carbocycles. The highest BCUT2D eigenvalue weighted by Crippen LogP contribution is 2.11. The van der Waals surface area contributed by atoms with Crippen molar-refractivity contribution in [1.29, 1.82) is 0 Å². The van der Waals surface area contributed by atoms with Crippen LogP contribution in [0.3, 0.4) is 0 Å². The minimum Gasteiger partial charge on any atom is -0.480 e. The van der Waals surface area contributed by atoms with E-state index in [-0.39, 0.29) is 0 Å². The van der Waals surface area contributed by atoms with Gasteiger partial charge in [0.1, 0.15) is 5.25 Å². The van der Waals surface area contributed by atoms with E-state index < -0.39 is 11.2 Å². The fourth-order valence-electron chi connectivity index (χ4n) is 2.66. The lowest BCUT2D eigenvalue weighted by molar-refractivity contribution is -0.136. The van der Waals surface area contributed by atoms with E-state index in [0.29, 0.717) is 6.42 Å². The van der Waals surface area contributed by atoms with E-state index in [0.717, 1.165) is 5.56 Å². The third kappa shape index (κ3) is 16.3. The minimum absolute atomic E-state index is 0.472. The predicted octanol–water partition coefficient (Wildman–Crippen LogP) is 6.93. The molecule has 0 radical (unpaired) electrons. The van der Waals surface area contributed by atoms with Gasteiger partial charge in [-0.2, -0.15) is 12.6 Å². The number of carboxylic acid groups (broad SMARTS) is 1. The molecule has 0 fully saturated rings. The van der Waals surface area contributed by atoms with Gasteiger partial charge in [-0.25, -0.2) is 0 Å². The second-order valence-electron chi connectivity index (χ2n) is 6.73. The average molecular weight is 367 g/mol. The van der Waals surface area contributed by atoms with E-state index in [2.05, 4.69) is 26.5 Å². The van der Waals surface area contributed by atoms with Crippen LogP contribution in [0, 0.1) is 0 Å². The van der Waals surface area contributed by atoms with Crippen molar-refractivity contribution in [3.05, 3.63) is 35.9 Å². The fraction of sp³-hybridized carbons (Fsp3) is 0.682. The Morgan fingerprint density at radius 1 is 0.840 bits per heavy atom. The van der Waals surface area contributed by atoms with Crippen LogP contribution in [0.4, 0.5) is 0 Å². The van der Waals surface area contributed by atoms with Gasteiger partial charge in [-0.15, -0.1) is 0 Å². The Morgan fingerprint density at radius 3 is 1.60 bits per heavy atom. The van der Waals surface area contributed by atoms with Gasteiger partial charge in [0.2, 0.25) is 0 Å². The maximum absolute atomic E-state index is 10.4. The van der Waals surface area contributed by atoms with Crippen molar-refractivity contribution in [2.45, 2.75) is 96.1 Å². The van der Waals surface area contributed by atoms with Gasteiger partial charge in [0.15, 0.2) is 0 Å². The maximum Gasteiger partial charge on any atom is 0.316 e. The molecule has 0 spiro atoms. The monoisotopic (exact) mass is 366 g/mol. The molecular weight excluding hydrogens is 328 g/mol. The fourth-order valence-corrected chi connectivity index (χ4v) is 2.87. The molecule has 0 aliphatic rings. The van der Waals surface area contributed by atoms with Crippen LogP contribution >= 0.6 is 12.6 Å². The van der Waals surface area contributed by atoms with Crippen molar-refractivity contribution in [2.24, 2.45) is 0 Å². The molecule has 0 amide bonds. The summed E-state index contributed by atoms with van der Waals surface area (Å²) in [6, 6.07) is 9.46. The van der Waals surface area contributed by atoms with E-state index in [9.17, 15) is 4.79 Å². The van der Waals surface area contributed by atoms with Gasteiger partial charge in [0, 0.05) is 0 Å². The molecule has 1 atom stereocenters. The summed E-state index contributed by atoms with van der Waals surface area (Å²) in [7, 11) is 0. The van der Waals surface area contributed by atoms with E-state index in [4.69, 9.17) is 5.11 Å². The number of rotatable bonds is 13. The van der Waals surface area contributed by atoms with Crippen molar-refractivity contribution in [1.82, 2.24) is 0 Å². The molecule has 0 bridgehead atoms. The Labute approximate surface area is 160 Å². The zero-order valence-corrected chi connectivity index (χ0v) is 17.1. The molecule has 2 nitrogen and oxygen atoms in total. The van der Waals surface area contributed by atoms with Crippen molar-refractivity contribution in [2.75, 3.05) is 0 Å². The van der Waals surface area contributed by atoms with E-state index in [1.165, 1.54) is 70.6 Å². The Kier molecular flexibility index (Phi) is 17.2. The van der Waals surface area contributed by atoms with Crippen LogP contribution in [0.15, 0.2) is 30.3 Å². The summed E-state index contributed by atoms with van der Waals surface area (Å²) in [5.74, 6) is -0.873. The maximum atomic E-state index is 10.4. The summed E-state index contributed by atoms with van der Waals surface area (Å²) in [5, 5.41) is 7.96. The van der Waals surface area contributed by atoms with Crippen LogP contribution in [-0.2, 0) is 11.2 Å². The number of thiol groups is 1. The van der Waals surface area contributed by atoms with Gasteiger partial charge in [-0.3, -0.25) is 4.79 Å². The standard InChI is InChI=1S/C13H28.C9H10O2S/c1-3-5-7-9-11-13-12-10-8-6-4-2;10-9(11)8(12)6-7-4-2-1-3-5-7/h3-13H2,1-2H3;1-5,8,12H,6H2,(H,10,11). The third-order valence-corrected chi connectivity index (χ3v) is 4.67. The smallest absolute Gasteiger partial charge is 0.316 e. The number of hydrogen-bond acceptors (Lipinski definition) is 2. The number of hydrogen-bond donors (Lipinski definition) is 2. The lowest BCUT2D eigenvalue weighted by Crippen LogP contribution is -2.15. The highest BCUT2D eigenvalue weighted by Gasteiger charge is 2.11. The average Bonchev–Trinajstić information content (AvgIpc) is 2.62. The van der Waals surface area contributed by atoms with Crippen LogP contribution in [0.1, 0.15) is 90.0 Å². The first kappa shape index (κ1) is 24.0. The molecule has 1 N–H and O–H groups in total. The number of carboxylic acids is 1. The normalized spacial score (nSPS) is 11.5. The SMILES string of the molecule is CCCCCCCCCCCCC.O=C(O)C(S)Cc1ccccc1. The molecule has 3 heteroatoms. The van der Waals surface area contributed by atoms with Crippen LogP contribution < -0.4 is 0 Å². The zero-order valence-electron chi connectivity index (χ0n) is 16.3. The molecule has 1 aromatic rings. The Bertz CT molecular complexity index is 396. The van der Waals surface area contributed by atoms with E-state index in [1.54, 1.807) is 0 Å². The molecule has 0 heterocycles. The summed E-state index contributed by atoms with van der Waals surface area (Å²) in [4.78, 5) is 10.4. The summed E-state index contributed by atoms with van der Waals surface area (Å²) < 4.78 is 0. The number of aliphatic carboxylic acids is 1. The number of benzene rings is 1. The summed E-state index contributed by atoms with van der Waals surface area (Å²) in [6.45, 7) is 4.56. The number of carbonyl (C=O) groups is 1. The lowest BCUT2D eigenvalue weighted by atomic mass is 10.1. The van der Waals surface area contributed by atoms with Crippen LogP contribution in [0.25, 0.3) is 0 Å². The summed E-state index contributed by atoms with van der Waals surface area (Å²) in [5.41, 5.74) is 1.000. The van der Waals surface area contributed by atoms with Gasteiger partial charge in [-0.05, 0) is 12.0 Å². The molecule has 0 aromatic heterocycles. The van der Waals surface area contributed by atoms with E-state index >= 15 is 0 Å². The van der Waals surface area contributed by atoms with Crippen molar-refractivity contribution in [3.8, 4) is 0 Å². The quantitative estimate of drug-likeness (QED) is 0.293. The van der Waals surface area contributed by atoms with Crippen molar-refractivity contribution < 1.29 is 9.90 Å². The molecule has 0 aliphatic carbocycles. The van der Waals surface area contributed by atoms with Gasteiger partial charge >= 0.3 is 5.97 Å². The molecule has 0 saturated carbocycles. The van der Waals surface area contributed by atoms with Gasteiger partial charge in [0.05, 0.1) is 0 Å². The minimum atomic E-state index is -0.873. The van der Waals surface area contributed by atoms with Crippen molar-refractivity contribution >= 4 is 18.6 Å². The molecule has 1 rings (SSSR count). The topological polar surface area (TPSA) is 37.3 Å². The van der Waals surface area contributed by atoms with Gasteiger partial charge in [-0.1, -0.05) is 115 Å². The van der Waals surface area contributed by atoms with Crippen LogP contribution in [0.5, 0.6) is 0 Å². The Hall–Kier alpha value is -0.960. The van der Waals surface area contributed by atoms with Crippen LogP contribution in [-0.4, -0.2) is 16.3 Å². The van der Waals surface area contributed by atoms with E-state index in [1.807, 2.05) is 30.3 Å². The molecule has 0 saturated heterocycles. The molecule has 0 aliphatic heterocycles. The molecule has 1 unspecified atom stereocenters. The third-order valence-electron chi connectivity index (χ3n) is 4.26. The molecule has 144 valence electrons. The van der Waals surface area contributed by atoms with Crippen molar-refractivity contribution in [3.63, 3.8) is 0 Å². The first-order valence-corrected chi connectivity index (χ1v) is 10.6. The largest absolute Gasteiger partial charge is 0.480 e. The van der Waals surface area contributed by atoms with Gasteiger partial charge in [0.25, 0.3) is 0 Å². The predicted molar refractivity (Wildman–Crippen MR) is 113 cm³/mol. The second kappa shape index (κ2) is 17.8. The molecular formula is C22H38O2S. The first-order valence-electron chi connectivity index (χ1n) is 10.1. The highest BCUT2D eigenvalue weighted by atomic mass is 32.1. The molecule has 25 heavy (non-hydrogen) atoms. The summed E-state index contributed by atoms with van der Waals surface area (Å²) in [6.07, 6.45) is 16.4. The Balaban J connectivity index is 0.000000462. The Morgan fingerprint density at radius 2 is 1.24 bits per heavy atom. The zero-order chi connectivity index (χ0) is 18.8. The van der Waals surface area contributed by atoms with Crippen LogP contribution in [0.2, 0.25) is 0 Å². The number of unbranched alkanes of at least 4 members (excludes halogenated alkanes) is 10. The van der Waals surface area contributed by atoms with Gasteiger partial charge < -0.3 is 5.11 Å². The summed E-state index contributed by atoms with van der Waals surface area (Å²) >= 11 is 3.94.